The van der Waals surface area contributed by atoms with Gasteiger partial charge in [-0.05, 0) is 36.4 Å². The van der Waals surface area contributed by atoms with Gasteiger partial charge in [0.1, 0.15) is 11.5 Å². The number of hydrogen-bond donors (Lipinski definition) is 2. The van der Waals surface area contributed by atoms with E-state index in [4.69, 9.17) is 14.8 Å². The molecule has 0 aliphatic rings. The van der Waals surface area contributed by atoms with E-state index in [1.165, 1.54) is 36.4 Å². The second-order valence-corrected chi connectivity index (χ2v) is 5.16. The van der Waals surface area contributed by atoms with Crippen LogP contribution in [0.3, 0.4) is 0 Å². The number of phosphoric acid groups is 1. The normalized spacial score (nSPS) is 13.2. The molecule has 2 rings (SSSR count). The third kappa shape index (κ3) is 3.85. The van der Waals surface area contributed by atoms with Crippen molar-refractivity contribution >= 4 is 13.7 Å². The highest BCUT2D eigenvalue weighted by Crippen LogP contribution is 2.44. The molecule has 0 radical (unpaired) electrons. The summed E-state index contributed by atoms with van der Waals surface area (Å²) in [5, 5.41) is 0. The molecule has 0 aliphatic heterocycles. The molecule has 104 valence electrons. The summed E-state index contributed by atoms with van der Waals surface area (Å²) in [7, 11) is -4.29. The van der Waals surface area contributed by atoms with Gasteiger partial charge in [0.2, 0.25) is 5.91 Å². The number of carbonyl (C=O) groups is 1. The van der Waals surface area contributed by atoms with Crippen molar-refractivity contribution in [3.8, 4) is 11.5 Å². The Morgan fingerprint density at radius 2 is 1.45 bits per heavy atom. The van der Waals surface area contributed by atoms with Gasteiger partial charge in [-0.3, -0.25) is 9.69 Å². The Morgan fingerprint density at radius 1 is 0.950 bits per heavy atom. The Kier molecular flexibility index (Phi) is 4.08. The lowest BCUT2D eigenvalue weighted by Crippen LogP contribution is -2.10. The van der Waals surface area contributed by atoms with Gasteiger partial charge in [0.15, 0.2) is 0 Å². The third-order valence-electron chi connectivity index (χ3n) is 2.32. The van der Waals surface area contributed by atoms with E-state index in [9.17, 15) is 14.3 Å². The molecule has 6 nitrogen and oxygen atoms in total. The Labute approximate surface area is 115 Å². The lowest BCUT2D eigenvalue weighted by molar-refractivity contribution is 0.100. The Balaban J connectivity index is 2.08. The second-order valence-electron chi connectivity index (χ2n) is 3.85. The molecular weight excluding hydrogens is 281 g/mol. The molecule has 0 saturated carbocycles. The zero-order valence-electron chi connectivity index (χ0n) is 10.3. The summed E-state index contributed by atoms with van der Waals surface area (Å²) in [6, 6.07) is 13.6. The van der Waals surface area contributed by atoms with Gasteiger partial charge in [-0.15, -0.1) is 0 Å². The van der Waals surface area contributed by atoms with Gasteiger partial charge in [0.25, 0.3) is 0 Å². The van der Waals surface area contributed by atoms with Gasteiger partial charge in [-0.25, -0.2) is 4.57 Å². The average molecular weight is 293 g/mol. The largest absolute Gasteiger partial charge is 0.584 e. The Morgan fingerprint density at radius 3 is 1.95 bits per heavy atom. The number of hydrogen-bond acceptors (Lipinski definition) is 4. The van der Waals surface area contributed by atoms with Crippen LogP contribution in [-0.2, 0) is 4.57 Å². The molecule has 0 saturated heterocycles. The molecular formula is C13H12NO5P. The fourth-order valence-electron chi connectivity index (χ4n) is 1.45. The molecule has 0 aromatic heterocycles. The van der Waals surface area contributed by atoms with Crippen LogP contribution in [0, 0.1) is 0 Å². The van der Waals surface area contributed by atoms with E-state index in [1.54, 1.807) is 18.2 Å². The van der Waals surface area contributed by atoms with Crippen LogP contribution < -0.4 is 14.8 Å². The predicted molar refractivity (Wildman–Crippen MR) is 72.5 cm³/mol. The van der Waals surface area contributed by atoms with E-state index < -0.39 is 13.7 Å². The lowest BCUT2D eigenvalue weighted by Gasteiger charge is -2.13. The number of para-hydroxylation sites is 1. The number of benzene rings is 2. The molecule has 1 unspecified atom stereocenters. The first-order chi connectivity index (χ1) is 9.46. The predicted octanol–water partition coefficient (Wildman–Crippen LogP) is 2.34. The quantitative estimate of drug-likeness (QED) is 0.824. The second kappa shape index (κ2) is 5.77. The summed E-state index contributed by atoms with van der Waals surface area (Å²) in [5.74, 6) is -0.284. The number of carbonyl (C=O) groups excluding carboxylic acids is 1. The maximum atomic E-state index is 11.8. The fourth-order valence-corrected chi connectivity index (χ4v) is 2.26. The van der Waals surface area contributed by atoms with E-state index in [1.807, 2.05) is 0 Å². The van der Waals surface area contributed by atoms with Crippen LogP contribution in [-0.4, -0.2) is 10.8 Å². The maximum Gasteiger partial charge on any atom is 0.584 e. The number of amides is 1. The first-order valence-corrected chi connectivity index (χ1v) is 7.13. The monoisotopic (exact) mass is 293 g/mol. The van der Waals surface area contributed by atoms with E-state index in [2.05, 4.69) is 0 Å². The van der Waals surface area contributed by atoms with Crippen LogP contribution in [0.25, 0.3) is 0 Å². The fraction of sp³-hybridized carbons (Fsp3) is 0. The van der Waals surface area contributed by atoms with Crippen molar-refractivity contribution in [1.82, 2.24) is 0 Å². The van der Waals surface area contributed by atoms with Gasteiger partial charge in [0, 0.05) is 5.56 Å². The third-order valence-corrected chi connectivity index (χ3v) is 3.21. The van der Waals surface area contributed by atoms with E-state index in [-0.39, 0.29) is 17.1 Å². The molecule has 0 bridgehead atoms. The first-order valence-electron chi connectivity index (χ1n) is 5.63. The van der Waals surface area contributed by atoms with Crippen molar-refractivity contribution < 1.29 is 23.3 Å². The number of nitrogens with two attached hydrogens (primary N) is 1. The lowest BCUT2D eigenvalue weighted by atomic mass is 10.2. The zero-order chi connectivity index (χ0) is 14.6. The number of primary amides is 1. The Hall–Kier alpha value is -2.30. The van der Waals surface area contributed by atoms with E-state index in [0.717, 1.165) is 0 Å². The summed E-state index contributed by atoms with van der Waals surface area (Å²) >= 11 is 0. The highest BCUT2D eigenvalue weighted by atomic mass is 31.2. The van der Waals surface area contributed by atoms with Crippen molar-refractivity contribution in [3.63, 3.8) is 0 Å². The summed E-state index contributed by atoms with van der Waals surface area (Å²) in [6.07, 6.45) is 0. The highest BCUT2D eigenvalue weighted by molar-refractivity contribution is 7.48. The van der Waals surface area contributed by atoms with Crippen LogP contribution in [0.5, 0.6) is 11.5 Å². The summed E-state index contributed by atoms with van der Waals surface area (Å²) < 4.78 is 21.5. The summed E-state index contributed by atoms with van der Waals surface area (Å²) in [6.45, 7) is 0. The van der Waals surface area contributed by atoms with Gasteiger partial charge in [-0.1, -0.05) is 18.2 Å². The smallest absolute Gasteiger partial charge is 0.395 e. The molecule has 0 heterocycles. The van der Waals surface area contributed by atoms with Gasteiger partial charge >= 0.3 is 7.82 Å². The molecule has 0 fully saturated rings. The minimum Gasteiger partial charge on any atom is -0.395 e. The van der Waals surface area contributed by atoms with Crippen molar-refractivity contribution in [3.05, 3.63) is 60.2 Å². The van der Waals surface area contributed by atoms with Crippen LogP contribution in [0.1, 0.15) is 10.4 Å². The molecule has 1 atom stereocenters. The molecule has 2 aromatic carbocycles. The van der Waals surface area contributed by atoms with Gasteiger partial charge in [0.05, 0.1) is 0 Å². The minimum absolute atomic E-state index is 0.0942. The van der Waals surface area contributed by atoms with Crippen molar-refractivity contribution in [2.24, 2.45) is 5.73 Å². The van der Waals surface area contributed by atoms with Gasteiger partial charge in [-0.2, -0.15) is 0 Å². The van der Waals surface area contributed by atoms with Crippen LogP contribution in [0.4, 0.5) is 0 Å². The molecule has 20 heavy (non-hydrogen) atoms. The number of rotatable bonds is 5. The summed E-state index contributed by atoms with van der Waals surface area (Å²) in [5.41, 5.74) is 5.36. The van der Waals surface area contributed by atoms with Crippen molar-refractivity contribution in [1.29, 1.82) is 0 Å². The molecule has 0 aliphatic carbocycles. The van der Waals surface area contributed by atoms with Crippen LogP contribution in [0.15, 0.2) is 54.6 Å². The standard InChI is InChI=1S/C13H12NO5P/c14-13(15)10-6-8-12(9-7-10)19-20(16,17)18-11-4-2-1-3-5-11/h1-9H,(H2,14,15)(H,16,17). The van der Waals surface area contributed by atoms with Crippen molar-refractivity contribution in [2.75, 3.05) is 0 Å². The van der Waals surface area contributed by atoms with Crippen molar-refractivity contribution in [2.45, 2.75) is 0 Å². The average Bonchev–Trinajstić information content (AvgIpc) is 2.39. The SMILES string of the molecule is NC(=O)c1ccc(OP(=O)(O)Oc2ccccc2)cc1. The Bertz CT molecular complexity index is 642. The molecule has 7 heteroatoms. The van der Waals surface area contributed by atoms with E-state index >= 15 is 0 Å². The first kappa shape index (κ1) is 14.1. The maximum absolute atomic E-state index is 11.8. The van der Waals surface area contributed by atoms with Crippen LogP contribution in [0.2, 0.25) is 0 Å². The minimum atomic E-state index is -4.29. The molecule has 0 spiro atoms. The van der Waals surface area contributed by atoms with Crippen LogP contribution >= 0.6 is 7.82 Å². The zero-order valence-corrected chi connectivity index (χ0v) is 11.2. The molecule has 2 aromatic rings. The highest BCUT2D eigenvalue weighted by Gasteiger charge is 2.24. The summed E-state index contributed by atoms with van der Waals surface area (Å²) in [4.78, 5) is 20.5. The number of phosphoric ester groups is 1. The molecule has 3 N–H and O–H groups in total. The van der Waals surface area contributed by atoms with E-state index in [0.29, 0.717) is 0 Å². The topological polar surface area (TPSA) is 98.9 Å². The molecule has 1 amide bonds. The van der Waals surface area contributed by atoms with Gasteiger partial charge < -0.3 is 14.8 Å².